The molecule has 2 aliphatic carbocycles. The zero-order valence-corrected chi connectivity index (χ0v) is 20.2. The first-order valence-electron chi connectivity index (χ1n) is 11.9. The van der Waals surface area contributed by atoms with E-state index < -0.39 is 22.0 Å². The molecular weight excluding hydrogens is 462 g/mol. The van der Waals surface area contributed by atoms with Crippen LogP contribution in [-0.4, -0.2) is 25.5 Å². The Balaban J connectivity index is 1.47. The van der Waals surface area contributed by atoms with Crippen molar-refractivity contribution in [3.8, 4) is 5.75 Å². The van der Waals surface area contributed by atoms with Crippen molar-refractivity contribution in [3.05, 3.63) is 82.4 Å². The Kier molecular flexibility index (Phi) is 6.25. The van der Waals surface area contributed by atoms with Crippen molar-refractivity contribution in [1.82, 2.24) is 4.72 Å². The first-order valence-corrected chi connectivity index (χ1v) is 13.4. The van der Waals surface area contributed by atoms with Crippen LogP contribution >= 0.6 is 0 Å². The lowest BCUT2D eigenvalue weighted by Crippen LogP contribution is -2.45. The lowest BCUT2D eigenvalue weighted by Gasteiger charge is -2.22. The number of aryl methyl sites for hydroxylation is 2. The molecule has 7 nitrogen and oxygen atoms in total. The highest BCUT2D eigenvalue weighted by Gasteiger charge is 2.30. The van der Waals surface area contributed by atoms with Gasteiger partial charge in [-0.05, 0) is 109 Å². The second-order valence-electron chi connectivity index (χ2n) is 9.34. The Morgan fingerprint density at radius 2 is 1.51 bits per heavy atom. The number of nitrogens with two attached hydrogens (primary N) is 1. The molecule has 5 N–H and O–H groups in total. The summed E-state index contributed by atoms with van der Waals surface area (Å²) < 4.78 is 28.9. The zero-order chi connectivity index (χ0) is 24.6. The lowest BCUT2D eigenvalue weighted by molar-refractivity contribution is -0.117. The van der Waals surface area contributed by atoms with Crippen LogP contribution in [0.1, 0.15) is 40.7 Å². The predicted molar refractivity (Wildman–Crippen MR) is 136 cm³/mol. The van der Waals surface area contributed by atoms with E-state index in [1.165, 1.54) is 58.7 Å². The Labute approximate surface area is 205 Å². The fourth-order valence-electron chi connectivity index (χ4n) is 5.14. The number of hydrogen-bond acceptors (Lipinski definition) is 5. The van der Waals surface area contributed by atoms with E-state index in [1.807, 2.05) is 0 Å². The van der Waals surface area contributed by atoms with Crippen LogP contribution in [0.2, 0.25) is 0 Å². The minimum absolute atomic E-state index is 0.0386. The van der Waals surface area contributed by atoms with Gasteiger partial charge in [0.15, 0.2) is 0 Å². The van der Waals surface area contributed by atoms with Crippen molar-refractivity contribution in [1.29, 1.82) is 0 Å². The predicted octanol–water partition coefficient (Wildman–Crippen LogP) is 3.48. The molecule has 182 valence electrons. The average molecular weight is 492 g/mol. The number of fused-ring (bicyclic) bond motifs is 2. The van der Waals surface area contributed by atoms with Crippen molar-refractivity contribution in [2.24, 2.45) is 0 Å². The number of rotatable bonds is 7. The molecule has 5 rings (SSSR count). The largest absolute Gasteiger partial charge is 0.508 e. The number of aromatic hydroxyl groups is 1. The van der Waals surface area contributed by atoms with Crippen molar-refractivity contribution in [3.63, 3.8) is 0 Å². The molecule has 0 aliphatic heterocycles. The third-order valence-electron chi connectivity index (χ3n) is 6.90. The summed E-state index contributed by atoms with van der Waals surface area (Å²) >= 11 is 0. The summed E-state index contributed by atoms with van der Waals surface area (Å²) in [6, 6.07) is 13.5. The molecule has 1 amide bonds. The van der Waals surface area contributed by atoms with E-state index in [2.05, 4.69) is 16.1 Å². The molecule has 2 aliphatic rings. The van der Waals surface area contributed by atoms with E-state index in [-0.39, 0.29) is 17.1 Å². The van der Waals surface area contributed by atoms with Crippen LogP contribution in [0.3, 0.4) is 0 Å². The Morgan fingerprint density at radius 3 is 2.11 bits per heavy atom. The number of carbonyl (C=O) groups excluding carboxylic acids is 1. The third-order valence-corrected chi connectivity index (χ3v) is 8.39. The first kappa shape index (κ1) is 23.4. The fourth-order valence-corrected chi connectivity index (χ4v) is 6.33. The van der Waals surface area contributed by atoms with Crippen molar-refractivity contribution >= 4 is 27.3 Å². The molecule has 0 fully saturated rings. The molecular formula is C27H29N3O4S. The number of phenols is 1. The molecule has 0 saturated carbocycles. The number of amides is 1. The van der Waals surface area contributed by atoms with Crippen LogP contribution in [-0.2, 0) is 46.9 Å². The van der Waals surface area contributed by atoms with Gasteiger partial charge in [0.25, 0.3) is 0 Å². The normalized spacial score (nSPS) is 15.4. The lowest BCUT2D eigenvalue weighted by atomic mass is 9.98. The summed E-state index contributed by atoms with van der Waals surface area (Å²) in [6.45, 7) is 0. The maximum absolute atomic E-state index is 13.6. The highest BCUT2D eigenvalue weighted by molar-refractivity contribution is 7.89. The van der Waals surface area contributed by atoms with Crippen molar-refractivity contribution < 1.29 is 18.3 Å². The van der Waals surface area contributed by atoms with Crippen molar-refractivity contribution in [2.45, 2.75) is 55.9 Å². The molecule has 0 heterocycles. The van der Waals surface area contributed by atoms with Crippen LogP contribution in [0.5, 0.6) is 5.75 Å². The Hall–Kier alpha value is -3.36. The summed E-state index contributed by atoms with van der Waals surface area (Å²) in [5.74, 6) is -0.292. The first-order chi connectivity index (χ1) is 16.8. The second-order valence-corrected chi connectivity index (χ2v) is 11.1. The second kappa shape index (κ2) is 9.36. The van der Waals surface area contributed by atoms with Gasteiger partial charge in [-0.15, -0.1) is 0 Å². The number of benzene rings is 3. The minimum atomic E-state index is -3.98. The van der Waals surface area contributed by atoms with Gasteiger partial charge in [-0.1, -0.05) is 18.2 Å². The van der Waals surface area contributed by atoms with Crippen LogP contribution in [0.4, 0.5) is 11.4 Å². The summed E-state index contributed by atoms with van der Waals surface area (Å²) in [5.41, 5.74) is 12.7. The summed E-state index contributed by atoms with van der Waals surface area (Å²) in [4.78, 5) is 13.7. The van der Waals surface area contributed by atoms with Gasteiger partial charge in [-0.2, -0.15) is 4.72 Å². The third kappa shape index (κ3) is 4.90. The number of anilines is 2. The van der Waals surface area contributed by atoms with Gasteiger partial charge in [0.2, 0.25) is 15.9 Å². The number of nitrogens with one attached hydrogen (secondary N) is 2. The van der Waals surface area contributed by atoms with Gasteiger partial charge in [-0.3, -0.25) is 4.79 Å². The molecule has 8 heteroatoms. The molecule has 1 unspecified atom stereocenters. The molecule has 3 aromatic rings. The van der Waals surface area contributed by atoms with Crippen LogP contribution in [0, 0.1) is 0 Å². The van der Waals surface area contributed by atoms with Gasteiger partial charge in [0.05, 0.1) is 4.90 Å². The molecule has 1 atom stereocenters. The number of nitrogen functional groups attached to an aromatic ring is 1. The molecule has 0 spiro atoms. The molecule has 0 bridgehead atoms. The number of hydrogen-bond donors (Lipinski definition) is 4. The van der Waals surface area contributed by atoms with E-state index >= 15 is 0 Å². The van der Waals surface area contributed by atoms with Gasteiger partial charge in [-0.25, -0.2) is 8.42 Å². The summed E-state index contributed by atoms with van der Waals surface area (Å²) in [7, 11) is -3.98. The molecule has 0 radical (unpaired) electrons. The maximum Gasteiger partial charge on any atom is 0.242 e. The summed E-state index contributed by atoms with van der Waals surface area (Å²) in [5, 5.41) is 12.8. The monoisotopic (exact) mass is 491 g/mol. The van der Waals surface area contributed by atoms with E-state index in [0.717, 1.165) is 49.8 Å². The van der Waals surface area contributed by atoms with Crippen LogP contribution in [0.25, 0.3) is 0 Å². The number of phenolic OH excluding ortho intramolecular Hbond substituents is 1. The SMILES string of the molecule is Nc1ccc(S(=O)(=O)NC(Cc2ccc(O)cc2)C(=O)Nc2c3c(cc4c2CCC4)CCC3)cc1. The maximum atomic E-state index is 13.6. The fraction of sp³-hybridized carbons (Fsp3) is 0.296. The van der Waals surface area contributed by atoms with Gasteiger partial charge in [0.1, 0.15) is 11.8 Å². The number of carbonyl (C=O) groups is 1. The Bertz CT molecular complexity index is 1330. The molecule has 3 aromatic carbocycles. The molecule has 0 aromatic heterocycles. The summed E-state index contributed by atoms with van der Waals surface area (Å²) in [6.07, 6.45) is 6.09. The highest BCUT2D eigenvalue weighted by atomic mass is 32.2. The smallest absolute Gasteiger partial charge is 0.242 e. The number of sulfonamides is 1. The van der Waals surface area contributed by atoms with Crippen molar-refractivity contribution in [2.75, 3.05) is 11.1 Å². The Morgan fingerprint density at radius 1 is 0.914 bits per heavy atom. The standard InChI is InChI=1S/C27H29N3O4S/c28-20-9-13-22(14-10-20)35(33,34)30-25(15-17-7-11-21(31)12-8-17)27(32)29-26-23-5-1-3-18(23)16-19-4-2-6-24(19)26/h7-14,16,25,30-31H,1-6,15,28H2,(H,29,32). The highest BCUT2D eigenvalue weighted by Crippen LogP contribution is 2.38. The average Bonchev–Trinajstić information content (AvgIpc) is 3.49. The van der Waals surface area contributed by atoms with Gasteiger partial charge >= 0.3 is 0 Å². The van der Waals surface area contributed by atoms with Gasteiger partial charge < -0.3 is 16.2 Å². The van der Waals surface area contributed by atoms with E-state index in [9.17, 15) is 18.3 Å². The van der Waals surface area contributed by atoms with Crippen LogP contribution < -0.4 is 15.8 Å². The van der Waals surface area contributed by atoms with E-state index in [4.69, 9.17) is 5.73 Å². The topological polar surface area (TPSA) is 122 Å². The van der Waals surface area contributed by atoms with E-state index in [1.54, 1.807) is 12.1 Å². The zero-order valence-electron chi connectivity index (χ0n) is 19.4. The molecule has 0 saturated heterocycles. The molecule has 35 heavy (non-hydrogen) atoms. The van der Waals surface area contributed by atoms with Gasteiger partial charge in [0, 0.05) is 11.4 Å². The van der Waals surface area contributed by atoms with E-state index in [0.29, 0.717) is 5.69 Å². The van der Waals surface area contributed by atoms with Crippen LogP contribution in [0.15, 0.2) is 59.5 Å². The minimum Gasteiger partial charge on any atom is -0.508 e. The quantitative estimate of drug-likeness (QED) is 0.377.